The first kappa shape index (κ1) is 8.70. The molecule has 1 saturated carbocycles. The molecule has 0 aromatic rings. The molecule has 2 atom stereocenters. The van der Waals surface area contributed by atoms with Gasteiger partial charge in [0.15, 0.2) is 0 Å². The van der Waals surface area contributed by atoms with Gasteiger partial charge in [0, 0.05) is 31.7 Å². The maximum Gasteiger partial charge on any atom is 0.0703 e. The summed E-state index contributed by atoms with van der Waals surface area (Å²) >= 11 is 0. The molecule has 2 heterocycles. The van der Waals surface area contributed by atoms with Gasteiger partial charge in [-0.3, -0.25) is 4.90 Å². The second-order valence-corrected chi connectivity index (χ2v) is 5.11. The third-order valence-electron chi connectivity index (χ3n) is 4.11. The van der Waals surface area contributed by atoms with Crippen LogP contribution in [-0.2, 0) is 0 Å². The predicted octanol–water partition coefficient (Wildman–Crippen LogP) is 0.726. The molecule has 3 nitrogen and oxygen atoms in total. The minimum atomic E-state index is 0.0537. The van der Waals surface area contributed by atoms with Gasteiger partial charge in [0.1, 0.15) is 0 Å². The maximum absolute atomic E-state index is 9.09. The molecule has 0 aromatic heterocycles. The number of nitriles is 1. The highest BCUT2D eigenvalue weighted by Gasteiger charge is 2.48. The molecule has 0 amide bonds. The molecule has 0 spiro atoms. The molecular weight excluding hydrogens is 174 g/mol. The Kier molecular flexibility index (Phi) is 1.83. The first-order valence-corrected chi connectivity index (χ1v) is 5.71. The second kappa shape index (κ2) is 2.95. The second-order valence-electron chi connectivity index (χ2n) is 5.11. The Morgan fingerprint density at radius 3 is 2.43 bits per heavy atom. The Hall–Kier alpha value is -0.590. The minimum Gasteiger partial charge on any atom is -0.314 e. The topological polar surface area (TPSA) is 39.1 Å². The number of hydrogen-bond acceptors (Lipinski definition) is 3. The number of hydrogen-bond donors (Lipinski definition) is 1. The van der Waals surface area contributed by atoms with Gasteiger partial charge in [-0.25, -0.2) is 0 Å². The first-order chi connectivity index (χ1) is 6.83. The van der Waals surface area contributed by atoms with Crippen molar-refractivity contribution in [1.29, 1.82) is 5.26 Å². The molecular formula is C11H17N3. The van der Waals surface area contributed by atoms with E-state index < -0.39 is 0 Å². The molecule has 1 N–H and O–H groups in total. The predicted molar refractivity (Wildman–Crippen MR) is 53.7 cm³/mol. The van der Waals surface area contributed by atoms with Gasteiger partial charge in [-0.05, 0) is 25.7 Å². The van der Waals surface area contributed by atoms with E-state index in [0.29, 0.717) is 0 Å². The summed E-state index contributed by atoms with van der Waals surface area (Å²) in [5.74, 6) is 0. The fourth-order valence-corrected chi connectivity index (χ4v) is 2.93. The fourth-order valence-electron chi connectivity index (χ4n) is 2.93. The van der Waals surface area contributed by atoms with Gasteiger partial charge in [-0.15, -0.1) is 0 Å². The third kappa shape index (κ3) is 1.25. The Morgan fingerprint density at radius 1 is 1.29 bits per heavy atom. The lowest BCUT2D eigenvalue weighted by Crippen LogP contribution is -2.53. The van der Waals surface area contributed by atoms with Gasteiger partial charge in [0.25, 0.3) is 0 Å². The summed E-state index contributed by atoms with van der Waals surface area (Å²) in [4.78, 5) is 2.60. The van der Waals surface area contributed by atoms with E-state index in [1.807, 2.05) is 0 Å². The monoisotopic (exact) mass is 191 g/mol. The van der Waals surface area contributed by atoms with Gasteiger partial charge in [0.2, 0.25) is 0 Å². The number of nitrogens with one attached hydrogen (secondary N) is 1. The van der Waals surface area contributed by atoms with Crippen LogP contribution in [0.25, 0.3) is 0 Å². The largest absolute Gasteiger partial charge is 0.314 e. The maximum atomic E-state index is 9.09. The van der Waals surface area contributed by atoms with Crippen molar-refractivity contribution in [3.8, 4) is 6.07 Å². The van der Waals surface area contributed by atoms with E-state index in [-0.39, 0.29) is 5.41 Å². The van der Waals surface area contributed by atoms with Crippen LogP contribution >= 0.6 is 0 Å². The van der Waals surface area contributed by atoms with E-state index in [2.05, 4.69) is 16.3 Å². The Balaban J connectivity index is 1.71. The average Bonchev–Trinajstić information content (AvgIpc) is 2.93. The summed E-state index contributed by atoms with van der Waals surface area (Å²) in [5.41, 5.74) is 0.0537. The van der Waals surface area contributed by atoms with Crippen molar-refractivity contribution in [1.82, 2.24) is 10.2 Å². The van der Waals surface area contributed by atoms with Gasteiger partial charge >= 0.3 is 0 Å². The van der Waals surface area contributed by atoms with Crippen LogP contribution in [0.15, 0.2) is 0 Å². The summed E-state index contributed by atoms with van der Waals surface area (Å²) in [6, 6.07) is 3.95. The van der Waals surface area contributed by atoms with E-state index in [1.165, 1.54) is 12.8 Å². The standard InChI is InChI=1S/C11H17N3/c12-7-11(3-4-11)8-14-9-1-2-10(14)6-13-5-9/h9-10,13H,1-6,8H2. The Bertz CT molecular complexity index is 261. The zero-order valence-corrected chi connectivity index (χ0v) is 8.50. The fraction of sp³-hybridized carbons (Fsp3) is 0.909. The van der Waals surface area contributed by atoms with Crippen molar-refractivity contribution >= 4 is 0 Å². The summed E-state index contributed by atoms with van der Waals surface area (Å²) < 4.78 is 0. The highest BCUT2D eigenvalue weighted by Crippen LogP contribution is 2.47. The van der Waals surface area contributed by atoms with Crippen molar-refractivity contribution in [3.63, 3.8) is 0 Å². The molecule has 2 bridgehead atoms. The molecule has 76 valence electrons. The van der Waals surface area contributed by atoms with Gasteiger partial charge in [0.05, 0.1) is 11.5 Å². The quantitative estimate of drug-likeness (QED) is 0.699. The molecule has 0 aromatic carbocycles. The zero-order chi connectivity index (χ0) is 9.60. The van der Waals surface area contributed by atoms with Crippen LogP contribution in [0.1, 0.15) is 25.7 Å². The summed E-state index contributed by atoms with van der Waals surface area (Å²) in [7, 11) is 0. The lowest BCUT2D eigenvalue weighted by molar-refractivity contribution is 0.135. The number of piperazine rings is 1. The minimum absolute atomic E-state index is 0.0537. The van der Waals surface area contributed by atoms with Crippen LogP contribution in [0.5, 0.6) is 0 Å². The van der Waals surface area contributed by atoms with Crippen molar-refractivity contribution in [2.45, 2.75) is 37.8 Å². The lowest BCUT2D eigenvalue weighted by Gasteiger charge is -2.36. The third-order valence-corrected chi connectivity index (χ3v) is 4.11. The lowest BCUT2D eigenvalue weighted by atomic mass is 10.1. The van der Waals surface area contributed by atoms with Crippen LogP contribution in [0.3, 0.4) is 0 Å². The molecule has 0 radical (unpaired) electrons. The zero-order valence-electron chi connectivity index (χ0n) is 8.50. The van der Waals surface area contributed by atoms with E-state index in [1.54, 1.807) is 0 Å². The van der Waals surface area contributed by atoms with Crippen LogP contribution in [0, 0.1) is 16.7 Å². The molecule has 14 heavy (non-hydrogen) atoms. The van der Waals surface area contributed by atoms with E-state index in [0.717, 1.165) is 44.6 Å². The average molecular weight is 191 g/mol. The van der Waals surface area contributed by atoms with Gasteiger partial charge < -0.3 is 5.32 Å². The molecule has 3 rings (SSSR count). The molecule has 1 aliphatic carbocycles. The van der Waals surface area contributed by atoms with E-state index >= 15 is 0 Å². The van der Waals surface area contributed by atoms with Crippen molar-refractivity contribution in [2.75, 3.05) is 19.6 Å². The van der Waals surface area contributed by atoms with Crippen LogP contribution < -0.4 is 5.32 Å². The Morgan fingerprint density at radius 2 is 1.93 bits per heavy atom. The Labute approximate surface area is 85.1 Å². The molecule has 3 fully saturated rings. The number of fused-ring (bicyclic) bond motifs is 2. The van der Waals surface area contributed by atoms with E-state index in [4.69, 9.17) is 5.26 Å². The molecule has 2 saturated heterocycles. The molecule has 3 heteroatoms. The van der Waals surface area contributed by atoms with Crippen molar-refractivity contribution < 1.29 is 0 Å². The summed E-state index contributed by atoms with van der Waals surface area (Å²) in [5, 5.41) is 12.6. The summed E-state index contributed by atoms with van der Waals surface area (Å²) in [6.45, 7) is 3.32. The molecule has 3 aliphatic rings. The van der Waals surface area contributed by atoms with Crippen LogP contribution in [0.4, 0.5) is 0 Å². The number of nitrogens with zero attached hydrogens (tertiary/aromatic N) is 2. The van der Waals surface area contributed by atoms with Crippen molar-refractivity contribution in [3.05, 3.63) is 0 Å². The van der Waals surface area contributed by atoms with Gasteiger partial charge in [-0.2, -0.15) is 5.26 Å². The van der Waals surface area contributed by atoms with E-state index in [9.17, 15) is 0 Å². The SMILES string of the molecule is N#CC1(CN2C3CCC2CNC3)CC1. The van der Waals surface area contributed by atoms with Crippen LogP contribution in [-0.4, -0.2) is 36.6 Å². The smallest absolute Gasteiger partial charge is 0.0703 e. The number of rotatable bonds is 2. The highest BCUT2D eigenvalue weighted by molar-refractivity contribution is 5.13. The van der Waals surface area contributed by atoms with Crippen LogP contribution in [0.2, 0.25) is 0 Å². The van der Waals surface area contributed by atoms with Gasteiger partial charge in [-0.1, -0.05) is 0 Å². The van der Waals surface area contributed by atoms with Crippen molar-refractivity contribution in [2.24, 2.45) is 5.41 Å². The normalized spacial score (nSPS) is 39.4. The molecule has 2 unspecified atom stereocenters. The summed E-state index contributed by atoms with van der Waals surface area (Å²) in [6.07, 6.45) is 4.93. The highest BCUT2D eigenvalue weighted by atomic mass is 15.3. The molecule has 2 aliphatic heterocycles. The first-order valence-electron chi connectivity index (χ1n) is 5.71.